The number of anilines is 1. The van der Waals surface area contributed by atoms with Crippen LogP contribution in [0.15, 0.2) is 18.2 Å². The predicted octanol–water partition coefficient (Wildman–Crippen LogP) is 1.64. The van der Waals surface area contributed by atoms with Gasteiger partial charge in [0.15, 0.2) is 0 Å². The van der Waals surface area contributed by atoms with E-state index >= 15 is 0 Å². The van der Waals surface area contributed by atoms with Gasteiger partial charge >= 0.3 is 12.0 Å². The summed E-state index contributed by atoms with van der Waals surface area (Å²) >= 11 is 0. The van der Waals surface area contributed by atoms with E-state index in [1.54, 1.807) is 0 Å². The van der Waals surface area contributed by atoms with E-state index in [0.717, 1.165) is 0 Å². The molecule has 106 valence electrons. The molecule has 1 saturated carbocycles. The molecular weight excluding hydrogens is 266 g/mol. The van der Waals surface area contributed by atoms with Crippen LogP contribution in [0.25, 0.3) is 0 Å². The van der Waals surface area contributed by atoms with Crippen molar-refractivity contribution in [3.05, 3.63) is 33.9 Å². The summed E-state index contributed by atoms with van der Waals surface area (Å²) in [4.78, 5) is 32.9. The molecule has 0 saturated heterocycles. The van der Waals surface area contributed by atoms with Crippen LogP contribution in [0, 0.1) is 17.0 Å². The van der Waals surface area contributed by atoms with Gasteiger partial charge in [0.1, 0.15) is 5.54 Å². The standard InChI is InChI=1S/C12H13N3O5/c1-7-8(3-2-4-9(7)15(19)20)13-11(18)14-12(5-6-12)10(16)17/h2-4H,5-6H2,1H3,(H,16,17)(H2,13,14,18). The Labute approximate surface area is 113 Å². The highest BCUT2D eigenvalue weighted by Gasteiger charge is 2.51. The Bertz CT molecular complexity index is 595. The second-order valence-electron chi connectivity index (χ2n) is 4.67. The summed E-state index contributed by atoms with van der Waals surface area (Å²) in [6, 6.07) is 3.61. The van der Waals surface area contributed by atoms with Crippen molar-refractivity contribution in [2.75, 3.05) is 5.32 Å². The molecule has 0 heterocycles. The first-order chi connectivity index (χ1) is 9.35. The van der Waals surface area contributed by atoms with Crippen LogP contribution in [-0.4, -0.2) is 27.6 Å². The van der Waals surface area contributed by atoms with Crippen LogP contribution in [0.2, 0.25) is 0 Å². The minimum Gasteiger partial charge on any atom is -0.480 e. The van der Waals surface area contributed by atoms with Gasteiger partial charge in [0, 0.05) is 6.07 Å². The Morgan fingerprint density at radius 3 is 2.55 bits per heavy atom. The average molecular weight is 279 g/mol. The van der Waals surface area contributed by atoms with E-state index < -0.39 is 22.5 Å². The molecule has 8 nitrogen and oxygen atoms in total. The molecular formula is C12H13N3O5. The number of rotatable bonds is 4. The zero-order chi connectivity index (χ0) is 14.9. The predicted molar refractivity (Wildman–Crippen MR) is 69.6 cm³/mol. The molecule has 1 aromatic rings. The molecule has 8 heteroatoms. The highest BCUT2D eigenvalue weighted by molar-refractivity contribution is 5.96. The van der Waals surface area contributed by atoms with Crippen LogP contribution in [0.4, 0.5) is 16.2 Å². The van der Waals surface area contributed by atoms with E-state index in [0.29, 0.717) is 18.4 Å². The molecule has 0 unspecified atom stereocenters. The van der Waals surface area contributed by atoms with Crippen molar-refractivity contribution < 1.29 is 19.6 Å². The number of hydrogen-bond donors (Lipinski definition) is 3. The number of urea groups is 1. The molecule has 0 spiro atoms. The van der Waals surface area contributed by atoms with E-state index in [4.69, 9.17) is 5.11 Å². The van der Waals surface area contributed by atoms with E-state index in [1.807, 2.05) is 0 Å². The maximum absolute atomic E-state index is 11.8. The zero-order valence-corrected chi connectivity index (χ0v) is 10.7. The van der Waals surface area contributed by atoms with Crippen LogP contribution in [-0.2, 0) is 4.79 Å². The maximum atomic E-state index is 11.8. The second kappa shape index (κ2) is 4.80. The zero-order valence-electron chi connectivity index (χ0n) is 10.7. The van der Waals surface area contributed by atoms with Gasteiger partial charge in [-0.3, -0.25) is 10.1 Å². The number of benzene rings is 1. The molecule has 3 N–H and O–H groups in total. The number of carboxylic acid groups (broad SMARTS) is 1. The molecule has 2 rings (SSSR count). The van der Waals surface area contributed by atoms with E-state index in [-0.39, 0.29) is 11.4 Å². The number of hydrogen-bond acceptors (Lipinski definition) is 4. The van der Waals surface area contributed by atoms with Gasteiger partial charge in [0.05, 0.1) is 16.2 Å². The van der Waals surface area contributed by atoms with Crippen LogP contribution >= 0.6 is 0 Å². The van der Waals surface area contributed by atoms with Crippen LogP contribution in [0.3, 0.4) is 0 Å². The number of carbonyl (C=O) groups excluding carboxylic acids is 1. The Hall–Kier alpha value is -2.64. The lowest BCUT2D eigenvalue weighted by atomic mass is 10.1. The molecule has 1 fully saturated rings. The number of nitrogens with zero attached hydrogens (tertiary/aromatic N) is 1. The van der Waals surface area contributed by atoms with Gasteiger partial charge in [-0.15, -0.1) is 0 Å². The minimum atomic E-state index is -1.20. The van der Waals surface area contributed by atoms with E-state index in [1.165, 1.54) is 25.1 Å². The summed E-state index contributed by atoms with van der Waals surface area (Å²) in [5.74, 6) is -1.08. The third-order valence-corrected chi connectivity index (χ3v) is 3.26. The Morgan fingerprint density at radius 2 is 2.05 bits per heavy atom. The highest BCUT2D eigenvalue weighted by atomic mass is 16.6. The lowest BCUT2D eigenvalue weighted by molar-refractivity contribution is -0.385. The Morgan fingerprint density at radius 1 is 1.40 bits per heavy atom. The first-order valence-corrected chi connectivity index (χ1v) is 5.92. The Kier molecular flexibility index (Phi) is 3.31. The average Bonchev–Trinajstić information content (AvgIpc) is 3.12. The fourth-order valence-electron chi connectivity index (χ4n) is 1.84. The summed E-state index contributed by atoms with van der Waals surface area (Å²) < 4.78 is 0. The first kappa shape index (κ1) is 13.8. The van der Waals surface area contributed by atoms with Gasteiger partial charge < -0.3 is 15.7 Å². The van der Waals surface area contributed by atoms with E-state index in [9.17, 15) is 19.7 Å². The summed E-state index contributed by atoms with van der Waals surface area (Å²) in [5, 5.41) is 24.6. The number of aliphatic carboxylic acids is 1. The lowest BCUT2D eigenvalue weighted by Crippen LogP contribution is -2.45. The van der Waals surface area contributed by atoms with Crippen molar-refractivity contribution in [2.24, 2.45) is 0 Å². The summed E-state index contributed by atoms with van der Waals surface area (Å²) in [6.45, 7) is 1.51. The summed E-state index contributed by atoms with van der Waals surface area (Å²) in [7, 11) is 0. The fraction of sp³-hybridized carbons (Fsp3) is 0.333. The van der Waals surface area contributed by atoms with Gasteiger partial charge in [-0.2, -0.15) is 0 Å². The maximum Gasteiger partial charge on any atom is 0.329 e. The monoisotopic (exact) mass is 279 g/mol. The molecule has 2 amide bonds. The summed E-state index contributed by atoms with van der Waals surface area (Å²) in [6.07, 6.45) is 0.757. The molecule has 0 aliphatic heterocycles. The fourth-order valence-corrected chi connectivity index (χ4v) is 1.84. The van der Waals surface area contributed by atoms with Gasteiger partial charge in [-0.25, -0.2) is 9.59 Å². The minimum absolute atomic E-state index is 0.109. The quantitative estimate of drug-likeness (QED) is 0.571. The van der Waals surface area contributed by atoms with Gasteiger partial charge in [0.2, 0.25) is 0 Å². The highest BCUT2D eigenvalue weighted by Crippen LogP contribution is 2.35. The molecule has 0 bridgehead atoms. The first-order valence-electron chi connectivity index (χ1n) is 5.92. The van der Waals surface area contributed by atoms with Crippen molar-refractivity contribution in [3.8, 4) is 0 Å². The van der Waals surface area contributed by atoms with Crippen molar-refractivity contribution in [1.82, 2.24) is 5.32 Å². The number of nitro groups is 1. The number of amides is 2. The van der Waals surface area contributed by atoms with Crippen LogP contribution in [0.5, 0.6) is 0 Å². The van der Waals surface area contributed by atoms with Gasteiger partial charge in [-0.1, -0.05) is 6.07 Å². The van der Waals surface area contributed by atoms with Crippen molar-refractivity contribution in [1.29, 1.82) is 0 Å². The third-order valence-electron chi connectivity index (χ3n) is 3.26. The number of nitrogens with one attached hydrogen (secondary N) is 2. The molecule has 0 atom stereocenters. The third kappa shape index (κ3) is 2.53. The van der Waals surface area contributed by atoms with Crippen LogP contribution in [0.1, 0.15) is 18.4 Å². The van der Waals surface area contributed by atoms with E-state index in [2.05, 4.69) is 10.6 Å². The van der Waals surface area contributed by atoms with Crippen molar-refractivity contribution in [2.45, 2.75) is 25.3 Å². The SMILES string of the molecule is Cc1c(NC(=O)NC2(C(=O)O)CC2)cccc1[N+](=O)[O-]. The molecule has 0 aromatic heterocycles. The molecule has 1 aliphatic carbocycles. The van der Waals surface area contributed by atoms with Crippen molar-refractivity contribution >= 4 is 23.4 Å². The number of nitro benzene ring substituents is 1. The smallest absolute Gasteiger partial charge is 0.329 e. The second-order valence-corrected chi connectivity index (χ2v) is 4.67. The molecule has 1 aliphatic rings. The van der Waals surface area contributed by atoms with Gasteiger partial charge in [0.25, 0.3) is 5.69 Å². The Balaban J connectivity index is 2.11. The normalized spacial score (nSPS) is 15.2. The topological polar surface area (TPSA) is 122 Å². The van der Waals surface area contributed by atoms with Gasteiger partial charge in [-0.05, 0) is 25.8 Å². The van der Waals surface area contributed by atoms with Crippen molar-refractivity contribution in [3.63, 3.8) is 0 Å². The lowest BCUT2D eigenvalue weighted by Gasteiger charge is -2.14. The molecule has 1 aromatic carbocycles. The summed E-state index contributed by atoms with van der Waals surface area (Å²) in [5.41, 5.74) is -0.716. The molecule has 20 heavy (non-hydrogen) atoms. The number of carboxylic acids is 1. The van der Waals surface area contributed by atoms with Crippen LogP contribution < -0.4 is 10.6 Å². The molecule has 0 radical (unpaired) electrons. The largest absolute Gasteiger partial charge is 0.480 e. The number of carbonyl (C=O) groups is 2.